The van der Waals surface area contributed by atoms with Crippen LogP contribution in [-0.4, -0.2) is 37.3 Å². The smallest absolute Gasteiger partial charge is 0.336 e. The van der Waals surface area contributed by atoms with Gasteiger partial charge in [0.25, 0.3) is 0 Å². The number of nitrogens with zero attached hydrogens (tertiary/aromatic N) is 2. The highest BCUT2D eigenvalue weighted by molar-refractivity contribution is 5.98. The minimum absolute atomic E-state index is 0.321. The lowest BCUT2D eigenvalue weighted by Gasteiger charge is -2.32. The molecule has 3 aliphatic heterocycles. The maximum atomic E-state index is 12.3. The average molecular weight is 468 g/mol. The van der Waals surface area contributed by atoms with Crippen molar-refractivity contribution in [3.05, 3.63) is 86.9 Å². The third-order valence-corrected chi connectivity index (χ3v) is 7.74. The van der Waals surface area contributed by atoms with Crippen molar-refractivity contribution in [2.24, 2.45) is 0 Å². The molecule has 0 atom stereocenters. The molecule has 0 bridgehead atoms. The van der Waals surface area contributed by atoms with Crippen LogP contribution in [0.4, 0.5) is 5.69 Å². The lowest BCUT2D eigenvalue weighted by molar-refractivity contribution is 0.0696. The SMILES string of the molecule is CCN1CCCc2cc3c(cc21)Oc1cc2c(cc1=C3c1ccccc1C(=O)O)CCC[N+]=2CC. The maximum Gasteiger partial charge on any atom is 0.336 e. The van der Waals surface area contributed by atoms with Crippen LogP contribution in [-0.2, 0) is 12.8 Å². The third kappa shape index (κ3) is 3.53. The van der Waals surface area contributed by atoms with E-state index in [4.69, 9.17) is 4.74 Å². The molecule has 3 aromatic rings. The molecule has 178 valence electrons. The van der Waals surface area contributed by atoms with Gasteiger partial charge in [0.05, 0.1) is 11.6 Å². The summed E-state index contributed by atoms with van der Waals surface area (Å²) in [5.41, 5.74) is 6.88. The fourth-order valence-corrected chi connectivity index (χ4v) is 6.04. The Kier molecular flexibility index (Phi) is 5.36. The second-order valence-corrected chi connectivity index (χ2v) is 9.65. The van der Waals surface area contributed by atoms with E-state index in [2.05, 4.69) is 47.6 Å². The van der Waals surface area contributed by atoms with E-state index in [1.54, 1.807) is 12.1 Å². The molecule has 0 spiro atoms. The Morgan fingerprint density at radius 3 is 2.63 bits per heavy atom. The Labute approximate surface area is 205 Å². The predicted octanol–water partition coefficient (Wildman–Crippen LogP) is 3.97. The Morgan fingerprint density at radius 2 is 1.83 bits per heavy atom. The van der Waals surface area contributed by atoms with Crippen LogP contribution in [0.3, 0.4) is 0 Å². The van der Waals surface area contributed by atoms with Crippen molar-refractivity contribution in [2.45, 2.75) is 39.5 Å². The van der Waals surface area contributed by atoms with Crippen molar-refractivity contribution in [3.63, 3.8) is 0 Å². The summed E-state index contributed by atoms with van der Waals surface area (Å²) in [4.78, 5) is 14.7. The van der Waals surface area contributed by atoms with Crippen molar-refractivity contribution in [1.82, 2.24) is 4.58 Å². The molecule has 0 aliphatic carbocycles. The van der Waals surface area contributed by atoms with Gasteiger partial charge in [-0.15, -0.1) is 0 Å². The first-order valence-corrected chi connectivity index (χ1v) is 12.8. The fourth-order valence-electron chi connectivity index (χ4n) is 6.04. The summed E-state index contributed by atoms with van der Waals surface area (Å²) in [6.45, 7) is 8.40. The molecule has 1 N–H and O–H groups in total. The molecule has 3 aromatic carbocycles. The highest BCUT2D eigenvalue weighted by atomic mass is 16.5. The van der Waals surface area contributed by atoms with Gasteiger partial charge in [-0.05, 0) is 62.4 Å². The van der Waals surface area contributed by atoms with Gasteiger partial charge in [0.2, 0.25) is 5.36 Å². The summed E-state index contributed by atoms with van der Waals surface area (Å²) in [5.74, 6) is 0.712. The molecule has 3 heterocycles. The first-order chi connectivity index (χ1) is 17.1. The summed E-state index contributed by atoms with van der Waals surface area (Å²) in [6, 6.07) is 16.2. The summed E-state index contributed by atoms with van der Waals surface area (Å²) in [5, 5.41) is 12.3. The number of aryl methyl sites for hydroxylation is 2. The van der Waals surface area contributed by atoms with Crippen molar-refractivity contribution in [1.29, 1.82) is 0 Å². The van der Waals surface area contributed by atoms with Gasteiger partial charge in [0.1, 0.15) is 24.6 Å². The molecule has 0 saturated heterocycles. The summed E-state index contributed by atoms with van der Waals surface area (Å²) in [7, 11) is 0. The van der Waals surface area contributed by atoms with Crippen molar-refractivity contribution in [3.8, 4) is 11.5 Å². The first kappa shape index (κ1) is 21.9. The number of carbonyl (C=O) groups is 1. The monoisotopic (exact) mass is 467 g/mol. The number of ether oxygens (including phenoxy) is 1. The Morgan fingerprint density at radius 1 is 1.00 bits per heavy atom. The van der Waals surface area contributed by atoms with Gasteiger partial charge in [0, 0.05) is 53.2 Å². The quantitative estimate of drug-likeness (QED) is 0.462. The van der Waals surface area contributed by atoms with E-state index in [1.165, 1.54) is 22.2 Å². The Hall–Kier alpha value is -3.60. The van der Waals surface area contributed by atoms with Crippen molar-refractivity contribution >= 4 is 17.2 Å². The van der Waals surface area contributed by atoms with E-state index in [0.717, 1.165) is 85.3 Å². The molecule has 0 fully saturated rings. The number of fused-ring (bicyclic) bond motifs is 4. The molecule has 3 aliphatic rings. The molecule has 35 heavy (non-hydrogen) atoms. The van der Waals surface area contributed by atoms with Crippen LogP contribution < -0.4 is 24.8 Å². The molecule has 5 heteroatoms. The van der Waals surface area contributed by atoms with Crippen LogP contribution in [0.1, 0.15) is 59.3 Å². The summed E-state index contributed by atoms with van der Waals surface area (Å²) >= 11 is 0. The number of aromatic carboxylic acids is 1. The highest BCUT2D eigenvalue weighted by Crippen LogP contribution is 2.42. The van der Waals surface area contributed by atoms with E-state index >= 15 is 0 Å². The second kappa shape index (κ2) is 8.56. The van der Waals surface area contributed by atoms with Crippen molar-refractivity contribution < 1.29 is 14.6 Å². The molecule has 5 nitrogen and oxygen atoms in total. The van der Waals surface area contributed by atoms with E-state index < -0.39 is 5.97 Å². The summed E-state index contributed by atoms with van der Waals surface area (Å²) in [6.07, 6.45) is 4.29. The zero-order chi connectivity index (χ0) is 24.1. The van der Waals surface area contributed by atoms with E-state index in [9.17, 15) is 9.90 Å². The second-order valence-electron chi connectivity index (χ2n) is 9.65. The van der Waals surface area contributed by atoms with Crippen LogP contribution >= 0.6 is 0 Å². The standard InChI is InChI=1S/C30H30N2O3/c1-3-31-13-7-9-19-15-23-27(17-25(19)31)35-28-18-26-20(10-8-14-32(26)4-2)16-24(28)29(23)21-11-5-6-12-22(21)30(33)34/h5-6,11-12,15-18H,3-4,7-10,13-14H2,1-2H3/p+1. The van der Waals surface area contributed by atoms with Gasteiger partial charge < -0.3 is 14.7 Å². The van der Waals surface area contributed by atoms with E-state index in [1.807, 2.05) is 12.1 Å². The molecule has 0 amide bonds. The van der Waals surface area contributed by atoms with Crippen LogP contribution in [0.2, 0.25) is 0 Å². The predicted molar refractivity (Wildman–Crippen MR) is 138 cm³/mol. The number of carboxylic acids is 1. The summed E-state index contributed by atoms with van der Waals surface area (Å²) < 4.78 is 9.04. The maximum absolute atomic E-state index is 12.3. The molecule has 0 unspecified atom stereocenters. The number of benzene rings is 3. The molecule has 0 radical (unpaired) electrons. The topological polar surface area (TPSA) is 52.8 Å². The molecule has 0 saturated carbocycles. The third-order valence-electron chi connectivity index (χ3n) is 7.74. The van der Waals surface area contributed by atoms with Crippen LogP contribution in [0.25, 0.3) is 5.57 Å². The minimum Gasteiger partial charge on any atom is -0.478 e. The molecule has 0 aromatic heterocycles. The Balaban J connectivity index is 1.72. The van der Waals surface area contributed by atoms with Gasteiger partial charge in [0.15, 0.2) is 0 Å². The zero-order valence-electron chi connectivity index (χ0n) is 20.4. The zero-order valence-corrected chi connectivity index (χ0v) is 20.4. The Bertz CT molecular complexity index is 1490. The number of carboxylic acid groups (broad SMARTS) is 1. The van der Waals surface area contributed by atoms with E-state index in [-0.39, 0.29) is 0 Å². The normalized spacial score (nSPS) is 16.1. The molecular weight excluding hydrogens is 436 g/mol. The van der Waals surface area contributed by atoms with Crippen molar-refractivity contribution in [2.75, 3.05) is 31.1 Å². The van der Waals surface area contributed by atoms with Gasteiger partial charge in [-0.25, -0.2) is 9.37 Å². The van der Waals surface area contributed by atoms with Gasteiger partial charge >= 0.3 is 5.97 Å². The van der Waals surface area contributed by atoms with Crippen LogP contribution in [0.5, 0.6) is 11.5 Å². The lowest BCUT2D eigenvalue weighted by Crippen LogP contribution is -2.39. The highest BCUT2D eigenvalue weighted by Gasteiger charge is 2.29. The number of hydrogen-bond donors (Lipinski definition) is 1. The van der Waals surface area contributed by atoms with Crippen LogP contribution in [0, 0.1) is 0 Å². The largest absolute Gasteiger partial charge is 0.478 e. The van der Waals surface area contributed by atoms with Crippen LogP contribution in [0.15, 0.2) is 48.5 Å². The number of anilines is 1. The van der Waals surface area contributed by atoms with Gasteiger partial charge in [-0.2, -0.15) is 0 Å². The first-order valence-electron chi connectivity index (χ1n) is 12.8. The number of hydrogen-bond acceptors (Lipinski definition) is 3. The molecule has 6 rings (SSSR count). The minimum atomic E-state index is -0.909. The lowest BCUT2D eigenvalue weighted by atomic mass is 9.86. The number of rotatable bonds is 4. The van der Waals surface area contributed by atoms with E-state index in [0.29, 0.717) is 5.56 Å². The average Bonchev–Trinajstić information content (AvgIpc) is 2.88. The van der Waals surface area contributed by atoms with Gasteiger partial charge in [-0.3, -0.25) is 0 Å². The van der Waals surface area contributed by atoms with Gasteiger partial charge in [-0.1, -0.05) is 18.2 Å². The molecular formula is C30H31N2O3+. The fraction of sp³-hybridized carbons (Fsp3) is 0.333.